The van der Waals surface area contributed by atoms with Gasteiger partial charge in [-0.05, 0) is 22.6 Å². The van der Waals surface area contributed by atoms with Crippen LogP contribution >= 0.6 is 22.6 Å². The Kier molecular flexibility index (Phi) is 4.39. The van der Waals surface area contributed by atoms with E-state index in [0.717, 1.165) is 13.3 Å². The van der Waals surface area contributed by atoms with Crippen molar-refractivity contribution in [1.29, 1.82) is 0 Å². The molecule has 0 radical (unpaired) electrons. The maximum Gasteiger partial charge on any atom is 0.344 e. The van der Waals surface area contributed by atoms with Gasteiger partial charge in [-0.2, -0.15) is 0 Å². The van der Waals surface area contributed by atoms with E-state index in [9.17, 15) is 13.6 Å². The van der Waals surface area contributed by atoms with Crippen molar-refractivity contribution in [3.63, 3.8) is 0 Å². The molecule has 0 saturated carbocycles. The van der Waals surface area contributed by atoms with E-state index in [1.165, 1.54) is 7.11 Å². The smallest absolute Gasteiger partial charge is 0.344 e. The summed E-state index contributed by atoms with van der Waals surface area (Å²) < 4.78 is 34.5. The minimum atomic E-state index is -2.70. The molecular weight excluding hydrogens is 335 g/mol. The highest BCUT2D eigenvalue weighted by Gasteiger charge is 2.24. The van der Waals surface area contributed by atoms with Crippen LogP contribution in [0.5, 0.6) is 5.88 Å². The maximum absolute atomic E-state index is 12.6. The second-order valence-corrected chi connectivity index (χ2v) is 3.78. The topological polar surface area (TPSA) is 48.4 Å². The number of alkyl halides is 2. The van der Waals surface area contributed by atoms with Crippen LogP contribution in [0.1, 0.15) is 22.3 Å². The number of ether oxygens (including phenoxy) is 2. The number of esters is 1. The van der Waals surface area contributed by atoms with Gasteiger partial charge >= 0.3 is 5.97 Å². The van der Waals surface area contributed by atoms with Gasteiger partial charge in [-0.15, -0.1) is 0 Å². The molecule has 16 heavy (non-hydrogen) atoms. The Morgan fingerprint density at radius 3 is 2.56 bits per heavy atom. The highest BCUT2D eigenvalue weighted by atomic mass is 127. The fourth-order valence-corrected chi connectivity index (χ4v) is 1.90. The van der Waals surface area contributed by atoms with Crippen molar-refractivity contribution in [3.8, 4) is 5.88 Å². The molecule has 0 amide bonds. The van der Waals surface area contributed by atoms with Gasteiger partial charge in [0.2, 0.25) is 5.88 Å². The van der Waals surface area contributed by atoms with Crippen LogP contribution in [0.15, 0.2) is 6.20 Å². The maximum atomic E-state index is 12.6. The Morgan fingerprint density at radius 1 is 1.50 bits per heavy atom. The fourth-order valence-electron chi connectivity index (χ4n) is 1.07. The number of pyridine rings is 1. The Bertz CT molecular complexity index is 412. The average molecular weight is 343 g/mol. The number of halogens is 3. The number of rotatable bonds is 3. The lowest BCUT2D eigenvalue weighted by Crippen LogP contribution is -2.10. The second-order valence-electron chi connectivity index (χ2n) is 2.70. The Balaban J connectivity index is 3.40. The third-order valence-electron chi connectivity index (χ3n) is 1.83. The van der Waals surface area contributed by atoms with Crippen LogP contribution in [-0.4, -0.2) is 25.2 Å². The van der Waals surface area contributed by atoms with Gasteiger partial charge in [0.05, 0.1) is 19.8 Å². The highest BCUT2D eigenvalue weighted by molar-refractivity contribution is 14.1. The molecule has 0 aliphatic carbocycles. The van der Waals surface area contributed by atoms with Crippen LogP contribution in [0.4, 0.5) is 8.78 Å². The van der Waals surface area contributed by atoms with Gasteiger partial charge in [0.25, 0.3) is 6.43 Å². The number of carbonyl (C=O) groups excluding carboxylic acids is 1. The van der Waals surface area contributed by atoms with Crippen LogP contribution in [0.25, 0.3) is 0 Å². The van der Waals surface area contributed by atoms with Crippen molar-refractivity contribution in [1.82, 2.24) is 4.98 Å². The Labute approximate surface area is 104 Å². The third-order valence-corrected chi connectivity index (χ3v) is 2.99. The van der Waals surface area contributed by atoms with E-state index < -0.39 is 12.4 Å². The third kappa shape index (κ3) is 2.39. The number of hydrogen-bond donors (Lipinski definition) is 0. The van der Waals surface area contributed by atoms with Crippen molar-refractivity contribution in [2.75, 3.05) is 14.2 Å². The summed E-state index contributed by atoms with van der Waals surface area (Å²) in [6, 6.07) is 0. The summed E-state index contributed by atoms with van der Waals surface area (Å²) in [6.07, 6.45) is -1.72. The predicted molar refractivity (Wildman–Crippen MR) is 59.8 cm³/mol. The monoisotopic (exact) mass is 343 g/mol. The van der Waals surface area contributed by atoms with Gasteiger partial charge in [-0.25, -0.2) is 18.6 Å². The molecule has 1 aromatic rings. The standard InChI is InChI=1S/C9H8F2INO3/c1-15-8-5(9(14)16-2)6(12)4(3-13-8)7(10)11/h3,7H,1-2H3. The first-order valence-electron chi connectivity index (χ1n) is 4.11. The summed E-state index contributed by atoms with van der Waals surface area (Å²) in [5.41, 5.74) is -0.398. The largest absolute Gasteiger partial charge is 0.480 e. The molecule has 0 fully saturated rings. The van der Waals surface area contributed by atoms with Crippen molar-refractivity contribution in [2.24, 2.45) is 0 Å². The zero-order valence-electron chi connectivity index (χ0n) is 8.46. The first kappa shape index (κ1) is 13.1. The number of nitrogens with zero attached hydrogens (tertiary/aromatic N) is 1. The van der Waals surface area contributed by atoms with Crippen molar-refractivity contribution in [2.45, 2.75) is 6.43 Å². The van der Waals surface area contributed by atoms with Crippen molar-refractivity contribution >= 4 is 28.6 Å². The van der Waals surface area contributed by atoms with Crippen LogP contribution < -0.4 is 4.74 Å². The minimum Gasteiger partial charge on any atom is -0.480 e. The molecule has 88 valence electrons. The molecule has 0 aliphatic heterocycles. The molecule has 0 spiro atoms. The van der Waals surface area contributed by atoms with E-state index in [-0.39, 0.29) is 20.6 Å². The van der Waals surface area contributed by atoms with Gasteiger partial charge in [0.15, 0.2) is 0 Å². The fraction of sp³-hybridized carbons (Fsp3) is 0.333. The summed E-state index contributed by atoms with van der Waals surface area (Å²) in [6.45, 7) is 0. The number of aromatic nitrogens is 1. The summed E-state index contributed by atoms with van der Waals surface area (Å²) >= 11 is 1.64. The Hall–Kier alpha value is -0.990. The molecule has 0 aliphatic rings. The van der Waals surface area contributed by atoms with E-state index in [4.69, 9.17) is 4.74 Å². The summed E-state index contributed by atoms with van der Waals surface area (Å²) in [5.74, 6) is -0.781. The van der Waals surface area contributed by atoms with Gasteiger partial charge in [0, 0.05) is 9.77 Å². The van der Waals surface area contributed by atoms with E-state index in [0.29, 0.717) is 0 Å². The van der Waals surface area contributed by atoms with E-state index in [2.05, 4.69) is 9.72 Å². The van der Waals surface area contributed by atoms with E-state index in [1.807, 2.05) is 0 Å². The van der Waals surface area contributed by atoms with E-state index >= 15 is 0 Å². The van der Waals surface area contributed by atoms with Crippen LogP contribution in [-0.2, 0) is 4.74 Å². The van der Waals surface area contributed by atoms with Gasteiger partial charge < -0.3 is 9.47 Å². The quantitative estimate of drug-likeness (QED) is 0.625. The normalized spacial score (nSPS) is 10.4. The molecule has 0 N–H and O–H groups in total. The lowest BCUT2D eigenvalue weighted by Gasteiger charge is -2.10. The molecular formula is C9H8F2INO3. The SMILES string of the molecule is COC(=O)c1c(OC)ncc(C(F)F)c1I. The summed E-state index contributed by atoms with van der Waals surface area (Å²) in [7, 11) is 2.46. The van der Waals surface area contributed by atoms with Gasteiger partial charge in [-0.3, -0.25) is 0 Å². The Morgan fingerprint density at radius 2 is 2.12 bits per heavy atom. The van der Waals surface area contributed by atoms with Crippen molar-refractivity contribution in [3.05, 3.63) is 20.9 Å². The second kappa shape index (κ2) is 5.37. The zero-order chi connectivity index (χ0) is 12.3. The number of hydrogen-bond acceptors (Lipinski definition) is 4. The minimum absolute atomic E-state index is 0.0272. The highest BCUT2D eigenvalue weighted by Crippen LogP contribution is 2.30. The lowest BCUT2D eigenvalue weighted by atomic mass is 10.2. The molecule has 1 rings (SSSR count). The van der Waals surface area contributed by atoms with Crippen LogP contribution in [0, 0.1) is 3.57 Å². The first-order chi connectivity index (χ1) is 7.52. The molecule has 7 heteroatoms. The number of carbonyl (C=O) groups is 1. The molecule has 0 saturated heterocycles. The molecule has 1 heterocycles. The van der Waals surface area contributed by atoms with Gasteiger partial charge in [0.1, 0.15) is 5.56 Å². The first-order valence-corrected chi connectivity index (χ1v) is 5.19. The molecule has 0 unspecified atom stereocenters. The van der Waals surface area contributed by atoms with Gasteiger partial charge in [-0.1, -0.05) is 0 Å². The van der Waals surface area contributed by atoms with Crippen LogP contribution in [0.3, 0.4) is 0 Å². The average Bonchev–Trinajstić information content (AvgIpc) is 2.26. The van der Waals surface area contributed by atoms with Crippen LogP contribution in [0.2, 0.25) is 0 Å². The molecule has 0 atom stereocenters. The zero-order valence-corrected chi connectivity index (χ0v) is 10.6. The molecule has 1 aromatic heterocycles. The molecule has 0 aromatic carbocycles. The molecule has 0 bridgehead atoms. The van der Waals surface area contributed by atoms with Crippen molar-refractivity contribution < 1.29 is 23.0 Å². The van der Waals surface area contributed by atoms with E-state index in [1.54, 1.807) is 22.6 Å². The summed E-state index contributed by atoms with van der Waals surface area (Å²) in [5, 5.41) is 0. The summed E-state index contributed by atoms with van der Waals surface area (Å²) in [4.78, 5) is 15.0. The lowest BCUT2D eigenvalue weighted by molar-refractivity contribution is 0.0594. The number of methoxy groups -OCH3 is 2. The predicted octanol–water partition coefficient (Wildman–Crippen LogP) is 2.42. The molecule has 4 nitrogen and oxygen atoms in total.